The summed E-state index contributed by atoms with van der Waals surface area (Å²) >= 11 is 0. The van der Waals surface area contributed by atoms with Crippen LogP contribution >= 0.6 is 0 Å². The molecule has 0 amide bonds. The lowest BCUT2D eigenvalue weighted by molar-refractivity contribution is -0.146. The number of halogens is 4. The number of rotatable bonds is 6. The summed E-state index contributed by atoms with van der Waals surface area (Å²) in [6.07, 6.45) is -4.58. The molecule has 1 aromatic heterocycles. The zero-order valence-electron chi connectivity index (χ0n) is 18.8. The van der Waals surface area contributed by atoms with Gasteiger partial charge < -0.3 is 10.1 Å². The monoisotopic (exact) mass is 452 g/mol. The molecule has 1 unspecified atom stereocenters. The first-order valence-corrected chi connectivity index (χ1v) is 9.94. The van der Waals surface area contributed by atoms with Crippen molar-refractivity contribution >= 4 is 0 Å². The Kier molecular flexibility index (Phi) is 5.75. The Balaban J connectivity index is 1.68. The standard InChI is InChI=1S/C21H22F4N6O/c1-32-19(27-17-8-5-11-26-18(17)13-6-3-2-4-7-13)15-12-14(9-10-16(15)22)31-20(21(23,24)25)28-29-30-31/h2-4,6-7,9-10,12,17-19,26-27H,5,8,11H2,1H3/t17-,18-,19?/m0/s1/i1D2. The van der Waals surface area contributed by atoms with E-state index in [4.69, 9.17) is 7.48 Å². The Morgan fingerprint density at radius 2 is 2.06 bits per heavy atom. The third kappa shape index (κ3) is 4.64. The predicted octanol–water partition coefficient (Wildman–Crippen LogP) is 3.55. The minimum Gasteiger partial charge on any atom is -0.362 e. The van der Waals surface area contributed by atoms with E-state index in [9.17, 15) is 17.6 Å². The maximum Gasteiger partial charge on any atom is 0.453 e. The highest BCUT2D eigenvalue weighted by Gasteiger charge is 2.38. The number of alkyl halides is 3. The molecule has 7 nitrogen and oxygen atoms in total. The largest absolute Gasteiger partial charge is 0.453 e. The number of nitrogens with zero attached hydrogens (tertiary/aromatic N) is 4. The Morgan fingerprint density at radius 3 is 2.81 bits per heavy atom. The van der Waals surface area contributed by atoms with Crippen LogP contribution in [0.25, 0.3) is 5.69 Å². The van der Waals surface area contributed by atoms with Crippen LogP contribution in [0.15, 0.2) is 48.5 Å². The molecule has 1 fully saturated rings. The van der Waals surface area contributed by atoms with Crippen LogP contribution in [0.3, 0.4) is 0 Å². The third-order valence-electron chi connectivity index (χ3n) is 5.35. The van der Waals surface area contributed by atoms with Crippen molar-refractivity contribution in [3.05, 3.63) is 71.3 Å². The van der Waals surface area contributed by atoms with Crippen molar-refractivity contribution in [1.29, 1.82) is 0 Å². The molecule has 0 aliphatic carbocycles. The normalized spacial score (nSPS) is 21.3. The first-order chi connectivity index (χ1) is 16.2. The van der Waals surface area contributed by atoms with Crippen LogP contribution < -0.4 is 10.6 Å². The van der Waals surface area contributed by atoms with E-state index >= 15 is 0 Å². The highest BCUT2D eigenvalue weighted by Crippen LogP contribution is 2.31. The summed E-state index contributed by atoms with van der Waals surface area (Å²) < 4.78 is 75.6. The van der Waals surface area contributed by atoms with E-state index in [1.807, 2.05) is 30.3 Å². The minimum absolute atomic E-state index is 0.142. The summed E-state index contributed by atoms with van der Waals surface area (Å²) in [5.41, 5.74) is 0.685. The summed E-state index contributed by atoms with van der Waals surface area (Å²) in [5, 5.41) is 16.0. The van der Waals surface area contributed by atoms with Crippen LogP contribution in [0.4, 0.5) is 17.6 Å². The molecule has 0 saturated carbocycles. The van der Waals surface area contributed by atoms with E-state index in [2.05, 4.69) is 26.2 Å². The van der Waals surface area contributed by atoms with Gasteiger partial charge in [-0.15, -0.1) is 5.10 Å². The molecule has 3 atom stereocenters. The number of aromatic nitrogens is 4. The molecule has 32 heavy (non-hydrogen) atoms. The van der Waals surface area contributed by atoms with E-state index in [0.717, 1.165) is 36.7 Å². The van der Waals surface area contributed by atoms with Crippen LogP contribution in [0.5, 0.6) is 0 Å². The predicted molar refractivity (Wildman–Crippen MR) is 107 cm³/mol. The number of nitrogens with one attached hydrogen (secondary N) is 2. The number of tetrazole rings is 1. The van der Waals surface area contributed by atoms with Crippen molar-refractivity contribution in [2.75, 3.05) is 13.6 Å². The van der Waals surface area contributed by atoms with Crippen molar-refractivity contribution in [3.8, 4) is 5.69 Å². The molecule has 170 valence electrons. The Morgan fingerprint density at radius 1 is 1.25 bits per heavy atom. The zero-order valence-corrected chi connectivity index (χ0v) is 16.8. The third-order valence-corrected chi connectivity index (χ3v) is 5.35. The van der Waals surface area contributed by atoms with Crippen LogP contribution in [-0.2, 0) is 10.9 Å². The van der Waals surface area contributed by atoms with E-state index in [1.165, 1.54) is 0 Å². The topological polar surface area (TPSA) is 76.9 Å². The highest BCUT2D eigenvalue weighted by atomic mass is 19.4. The summed E-state index contributed by atoms with van der Waals surface area (Å²) in [7, 11) is -1.77. The molecular formula is C21H22F4N6O. The van der Waals surface area contributed by atoms with Gasteiger partial charge in [0.15, 0.2) is 0 Å². The lowest BCUT2D eigenvalue weighted by atomic mass is 9.92. The number of hydrogen-bond acceptors (Lipinski definition) is 6. The van der Waals surface area contributed by atoms with Crippen LogP contribution in [0.2, 0.25) is 0 Å². The molecule has 2 aromatic carbocycles. The maximum atomic E-state index is 14.9. The lowest BCUT2D eigenvalue weighted by Gasteiger charge is -2.36. The van der Waals surface area contributed by atoms with Gasteiger partial charge in [0.1, 0.15) is 12.0 Å². The molecule has 2 N–H and O–H groups in total. The van der Waals surface area contributed by atoms with Gasteiger partial charge in [-0.05, 0) is 53.6 Å². The van der Waals surface area contributed by atoms with E-state index in [1.54, 1.807) is 0 Å². The molecule has 2 heterocycles. The maximum absolute atomic E-state index is 14.9. The van der Waals surface area contributed by atoms with E-state index in [-0.39, 0.29) is 23.3 Å². The molecule has 0 spiro atoms. The molecule has 0 bridgehead atoms. The molecule has 1 saturated heterocycles. The SMILES string of the molecule is [2H]C([2H])OC(N[C@H]1CCCN[C@H]1c1ccccc1)c1cc(-n2nnnc2C(F)(F)F)ccc1F. The average Bonchev–Trinajstić information content (AvgIpc) is 3.30. The van der Waals surface area contributed by atoms with Crippen molar-refractivity contribution < 1.29 is 25.0 Å². The van der Waals surface area contributed by atoms with Gasteiger partial charge in [0.05, 0.1) is 8.43 Å². The van der Waals surface area contributed by atoms with E-state index in [0.29, 0.717) is 11.1 Å². The van der Waals surface area contributed by atoms with Crippen molar-refractivity contribution in [2.24, 2.45) is 0 Å². The van der Waals surface area contributed by atoms with Gasteiger partial charge >= 0.3 is 6.18 Å². The quantitative estimate of drug-likeness (QED) is 0.440. The zero-order chi connectivity index (χ0) is 24.3. The number of ether oxygens (including phenoxy) is 1. The molecule has 0 radical (unpaired) electrons. The summed E-state index contributed by atoms with van der Waals surface area (Å²) in [6.45, 7) is 0.770. The van der Waals surface area contributed by atoms with Crippen LogP contribution in [0.1, 0.15) is 44.8 Å². The van der Waals surface area contributed by atoms with Gasteiger partial charge in [0.2, 0.25) is 0 Å². The summed E-state index contributed by atoms with van der Waals surface area (Å²) in [6, 6.07) is 12.4. The minimum atomic E-state index is -4.82. The van der Waals surface area contributed by atoms with Gasteiger partial charge in [-0.1, -0.05) is 30.3 Å². The highest BCUT2D eigenvalue weighted by molar-refractivity contribution is 5.38. The number of methoxy groups -OCH3 is 1. The van der Waals surface area contributed by atoms with Crippen molar-refractivity contribution in [3.63, 3.8) is 0 Å². The van der Waals surface area contributed by atoms with Gasteiger partial charge in [0, 0.05) is 24.7 Å². The molecular weight excluding hydrogens is 428 g/mol. The smallest absolute Gasteiger partial charge is 0.362 e. The molecule has 4 rings (SSSR count). The second-order valence-electron chi connectivity index (χ2n) is 7.39. The Labute approximate surface area is 184 Å². The fraction of sp³-hybridized carbons (Fsp3) is 0.381. The number of piperidine rings is 1. The van der Waals surface area contributed by atoms with Crippen LogP contribution in [0, 0.1) is 5.82 Å². The fourth-order valence-electron chi connectivity index (χ4n) is 3.88. The van der Waals surface area contributed by atoms with Gasteiger partial charge in [-0.25, -0.2) is 4.39 Å². The van der Waals surface area contributed by atoms with Crippen molar-refractivity contribution in [1.82, 2.24) is 30.8 Å². The Bertz CT molecular complexity index is 1100. The molecule has 1 aliphatic heterocycles. The van der Waals surface area contributed by atoms with Crippen LogP contribution in [-0.4, -0.2) is 39.9 Å². The second kappa shape index (κ2) is 9.31. The molecule has 1 aliphatic rings. The van der Waals surface area contributed by atoms with Gasteiger partial charge in [0.25, 0.3) is 5.82 Å². The lowest BCUT2D eigenvalue weighted by Crippen LogP contribution is -2.47. The van der Waals surface area contributed by atoms with Gasteiger partial charge in [-0.2, -0.15) is 17.9 Å². The fourth-order valence-corrected chi connectivity index (χ4v) is 3.88. The van der Waals surface area contributed by atoms with E-state index < -0.39 is 31.1 Å². The first kappa shape index (κ1) is 19.8. The van der Waals surface area contributed by atoms with Gasteiger partial charge in [-0.3, -0.25) is 5.32 Å². The second-order valence-corrected chi connectivity index (χ2v) is 7.39. The Hall–Kier alpha value is -2.89. The summed E-state index contributed by atoms with van der Waals surface area (Å²) in [5.74, 6) is -2.14. The van der Waals surface area contributed by atoms with Crippen molar-refractivity contribution in [2.45, 2.75) is 37.3 Å². The number of hydrogen-bond donors (Lipinski definition) is 2. The molecule has 11 heteroatoms. The number of benzene rings is 2. The first-order valence-electron chi connectivity index (χ1n) is 11.1. The molecule has 3 aromatic rings. The average molecular weight is 452 g/mol. The summed E-state index contributed by atoms with van der Waals surface area (Å²) in [4.78, 5) is 0.